The number of benzene rings is 1. The van der Waals surface area contributed by atoms with Gasteiger partial charge in [0.25, 0.3) is 0 Å². The molecule has 2 atom stereocenters. The summed E-state index contributed by atoms with van der Waals surface area (Å²) in [5.74, 6) is 2.67. The van der Waals surface area contributed by atoms with E-state index in [-0.39, 0.29) is 11.7 Å². The minimum atomic E-state index is -3.32. The number of aromatic nitrogens is 3. The van der Waals surface area contributed by atoms with E-state index in [1.54, 1.807) is 4.31 Å². The Kier molecular flexibility index (Phi) is 3.92. The normalized spacial score (nSPS) is 25.2. The molecule has 0 unspecified atom stereocenters. The van der Waals surface area contributed by atoms with E-state index in [9.17, 15) is 8.42 Å². The lowest BCUT2D eigenvalue weighted by Crippen LogP contribution is -2.30. The first-order valence-corrected chi connectivity index (χ1v) is 10.0. The molecule has 0 radical (unpaired) electrons. The lowest BCUT2D eigenvalue weighted by Gasteiger charge is -2.16. The molecular formula is C17H22N4O2S. The van der Waals surface area contributed by atoms with Crippen molar-refractivity contribution in [1.29, 1.82) is 0 Å². The third kappa shape index (κ3) is 3.10. The summed E-state index contributed by atoms with van der Waals surface area (Å²) in [6.07, 6.45) is 2.38. The number of aryl methyl sites for hydroxylation is 1. The minimum absolute atomic E-state index is 0.0605. The molecule has 2 heterocycles. The number of aromatic amines is 1. The van der Waals surface area contributed by atoms with Crippen LogP contribution in [0.3, 0.4) is 0 Å². The summed E-state index contributed by atoms with van der Waals surface area (Å²) in [6, 6.07) is 9.38. The predicted molar refractivity (Wildman–Crippen MR) is 90.7 cm³/mol. The number of sulfonamides is 1. The second-order valence-corrected chi connectivity index (χ2v) is 8.91. The molecule has 0 bridgehead atoms. The van der Waals surface area contributed by atoms with Gasteiger partial charge in [0, 0.05) is 19.0 Å². The molecule has 1 aromatic heterocycles. The molecule has 0 amide bonds. The van der Waals surface area contributed by atoms with E-state index in [1.807, 2.05) is 37.3 Å². The zero-order valence-electron chi connectivity index (χ0n) is 13.7. The van der Waals surface area contributed by atoms with E-state index in [0.29, 0.717) is 24.9 Å². The van der Waals surface area contributed by atoms with Crippen LogP contribution in [0.4, 0.5) is 0 Å². The molecule has 1 aliphatic heterocycles. The van der Waals surface area contributed by atoms with Crippen molar-refractivity contribution in [3.8, 4) is 0 Å². The lowest BCUT2D eigenvalue weighted by molar-refractivity contribution is 0.423. The minimum Gasteiger partial charge on any atom is -0.263 e. The van der Waals surface area contributed by atoms with Crippen molar-refractivity contribution < 1.29 is 8.42 Å². The Bertz CT molecular complexity index is 814. The number of nitrogens with one attached hydrogen (secondary N) is 1. The van der Waals surface area contributed by atoms with Crippen LogP contribution in [0.25, 0.3) is 0 Å². The fraction of sp³-hybridized carbons (Fsp3) is 0.529. The van der Waals surface area contributed by atoms with Gasteiger partial charge in [-0.2, -0.15) is 5.10 Å². The fourth-order valence-corrected chi connectivity index (χ4v) is 5.28. The lowest BCUT2D eigenvalue weighted by atomic mass is 9.91. The summed E-state index contributed by atoms with van der Waals surface area (Å²) in [6.45, 7) is 2.97. The van der Waals surface area contributed by atoms with Gasteiger partial charge in [0.15, 0.2) is 5.82 Å². The van der Waals surface area contributed by atoms with Gasteiger partial charge < -0.3 is 0 Å². The molecule has 0 spiro atoms. The molecule has 24 heavy (non-hydrogen) atoms. The van der Waals surface area contributed by atoms with Gasteiger partial charge >= 0.3 is 0 Å². The van der Waals surface area contributed by atoms with Gasteiger partial charge in [-0.05, 0) is 37.2 Å². The highest BCUT2D eigenvalue weighted by Crippen LogP contribution is 2.47. The van der Waals surface area contributed by atoms with Gasteiger partial charge in [0.2, 0.25) is 10.0 Å². The molecule has 1 aliphatic carbocycles. The summed E-state index contributed by atoms with van der Waals surface area (Å²) in [7, 11) is -3.32. The molecule has 6 nitrogen and oxygen atoms in total. The Labute approximate surface area is 142 Å². The zero-order chi connectivity index (χ0) is 16.7. The van der Waals surface area contributed by atoms with Crippen molar-refractivity contribution >= 4 is 10.0 Å². The van der Waals surface area contributed by atoms with Crippen molar-refractivity contribution in [3.05, 3.63) is 47.5 Å². The van der Waals surface area contributed by atoms with Crippen LogP contribution in [0.15, 0.2) is 30.3 Å². The van der Waals surface area contributed by atoms with E-state index in [1.165, 1.54) is 12.8 Å². The number of hydrogen-bond acceptors (Lipinski definition) is 4. The predicted octanol–water partition coefficient (Wildman–Crippen LogP) is 2.07. The van der Waals surface area contributed by atoms with Gasteiger partial charge in [0.05, 0.1) is 5.75 Å². The Morgan fingerprint density at radius 3 is 2.58 bits per heavy atom. The van der Waals surface area contributed by atoms with Crippen molar-refractivity contribution in [2.24, 2.45) is 11.8 Å². The molecule has 2 aromatic rings. The Hall–Kier alpha value is -1.73. The first kappa shape index (κ1) is 15.8. The maximum absolute atomic E-state index is 12.9. The van der Waals surface area contributed by atoms with Crippen LogP contribution in [-0.4, -0.2) is 41.0 Å². The van der Waals surface area contributed by atoms with Crippen LogP contribution in [0.1, 0.15) is 36.0 Å². The monoisotopic (exact) mass is 346 g/mol. The molecule has 128 valence electrons. The van der Waals surface area contributed by atoms with Crippen LogP contribution in [0, 0.1) is 18.8 Å². The molecule has 1 saturated heterocycles. The molecule has 2 fully saturated rings. The van der Waals surface area contributed by atoms with Crippen molar-refractivity contribution in [2.45, 2.75) is 31.4 Å². The smallest absolute Gasteiger partial charge is 0.218 e. The van der Waals surface area contributed by atoms with Crippen molar-refractivity contribution in [1.82, 2.24) is 19.5 Å². The molecule has 2 aliphatic rings. The van der Waals surface area contributed by atoms with Crippen LogP contribution in [0.5, 0.6) is 0 Å². The molecule has 1 N–H and O–H groups in total. The number of rotatable bonds is 5. The van der Waals surface area contributed by atoms with Gasteiger partial charge in [0.1, 0.15) is 5.82 Å². The van der Waals surface area contributed by atoms with E-state index >= 15 is 0 Å². The summed E-state index contributed by atoms with van der Waals surface area (Å²) in [4.78, 5) is 4.47. The molecular weight excluding hydrogens is 324 g/mol. The average molecular weight is 346 g/mol. The second-order valence-electron chi connectivity index (χ2n) is 6.95. The first-order chi connectivity index (χ1) is 11.5. The topological polar surface area (TPSA) is 79.0 Å². The Morgan fingerprint density at radius 2 is 1.96 bits per heavy atom. The third-order valence-electron chi connectivity index (χ3n) is 5.09. The third-order valence-corrected chi connectivity index (χ3v) is 6.87. The largest absolute Gasteiger partial charge is 0.263 e. The fourth-order valence-electron chi connectivity index (χ4n) is 3.70. The van der Waals surface area contributed by atoms with E-state index < -0.39 is 10.0 Å². The van der Waals surface area contributed by atoms with Gasteiger partial charge in [-0.15, -0.1) is 0 Å². The van der Waals surface area contributed by atoms with Crippen LogP contribution in [-0.2, 0) is 15.8 Å². The molecule has 1 saturated carbocycles. The van der Waals surface area contributed by atoms with Gasteiger partial charge in [-0.3, -0.25) is 5.10 Å². The summed E-state index contributed by atoms with van der Waals surface area (Å²) in [5, 5.41) is 7.19. The second kappa shape index (κ2) is 5.97. The SMILES string of the molecule is Cc1nc([C@@H]2CN(S(=O)(=O)Cc3ccccc3)C[C@H]2C2CC2)n[nH]1. The highest BCUT2D eigenvalue weighted by atomic mass is 32.2. The Balaban J connectivity index is 1.56. The van der Waals surface area contributed by atoms with E-state index in [0.717, 1.165) is 17.2 Å². The quantitative estimate of drug-likeness (QED) is 0.899. The molecule has 7 heteroatoms. The van der Waals surface area contributed by atoms with Crippen molar-refractivity contribution in [2.75, 3.05) is 13.1 Å². The highest BCUT2D eigenvalue weighted by Gasteiger charge is 2.47. The summed E-state index contributed by atoms with van der Waals surface area (Å²) >= 11 is 0. The number of nitrogens with zero attached hydrogens (tertiary/aromatic N) is 3. The molecule has 4 rings (SSSR count). The standard InChI is InChI=1S/C17H22N4O2S/c1-12-18-17(20-19-12)16-10-21(9-15(16)14-7-8-14)24(22,23)11-13-5-3-2-4-6-13/h2-6,14-16H,7-11H2,1H3,(H,18,19,20)/t15-,16+/m0/s1. The number of hydrogen-bond donors (Lipinski definition) is 1. The maximum atomic E-state index is 12.9. The first-order valence-electron chi connectivity index (χ1n) is 8.43. The Morgan fingerprint density at radius 1 is 1.21 bits per heavy atom. The van der Waals surface area contributed by atoms with Crippen LogP contribution in [0.2, 0.25) is 0 Å². The van der Waals surface area contributed by atoms with Gasteiger partial charge in [-0.1, -0.05) is 30.3 Å². The van der Waals surface area contributed by atoms with E-state index in [4.69, 9.17) is 0 Å². The van der Waals surface area contributed by atoms with E-state index in [2.05, 4.69) is 15.2 Å². The summed E-state index contributed by atoms with van der Waals surface area (Å²) in [5.41, 5.74) is 0.831. The molecule has 1 aromatic carbocycles. The average Bonchev–Trinajstić information content (AvgIpc) is 3.14. The maximum Gasteiger partial charge on any atom is 0.218 e. The zero-order valence-corrected chi connectivity index (χ0v) is 14.5. The summed E-state index contributed by atoms with van der Waals surface area (Å²) < 4.78 is 27.4. The van der Waals surface area contributed by atoms with Gasteiger partial charge in [-0.25, -0.2) is 17.7 Å². The highest BCUT2D eigenvalue weighted by molar-refractivity contribution is 7.88. The number of H-pyrrole nitrogens is 1. The van der Waals surface area contributed by atoms with Crippen molar-refractivity contribution in [3.63, 3.8) is 0 Å². The van der Waals surface area contributed by atoms with Crippen LogP contribution >= 0.6 is 0 Å². The van der Waals surface area contributed by atoms with Crippen LogP contribution < -0.4 is 0 Å².